The van der Waals surface area contributed by atoms with Crippen molar-refractivity contribution >= 4 is 29.5 Å². The van der Waals surface area contributed by atoms with Gasteiger partial charge in [-0.3, -0.25) is 14.4 Å². The highest BCUT2D eigenvalue weighted by Crippen LogP contribution is 2.53. The Bertz CT molecular complexity index is 1280. The van der Waals surface area contributed by atoms with Crippen molar-refractivity contribution in [2.24, 2.45) is 0 Å². The minimum absolute atomic E-state index is 0.00885. The Hall–Kier alpha value is -3.30. The van der Waals surface area contributed by atoms with Gasteiger partial charge < -0.3 is 25.7 Å². The third-order valence-corrected chi connectivity index (χ3v) is 10.0. The van der Waals surface area contributed by atoms with E-state index in [4.69, 9.17) is 0 Å². The highest BCUT2D eigenvalue weighted by Gasteiger charge is 2.57. The number of phenolic OH excluding ortho intramolecular Hbond substituents is 1. The number of amides is 3. The maximum Gasteiger partial charge on any atom is 0.254 e. The first kappa shape index (κ1) is 28.2. The Morgan fingerprint density at radius 1 is 1.10 bits per heavy atom. The van der Waals surface area contributed by atoms with Gasteiger partial charge in [-0.05, 0) is 63.1 Å². The molecule has 8 nitrogen and oxygen atoms in total. The molecular weight excluding hydrogens is 526 g/mol. The van der Waals surface area contributed by atoms with Crippen molar-refractivity contribution in [3.05, 3.63) is 77.4 Å². The lowest BCUT2D eigenvalue weighted by Gasteiger charge is -2.43. The van der Waals surface area contributed by atoms with E-state index in [0.29, 0.717) is 11.4 Å². The number of aliphatic hydroxyl groups excluding tert-OH is 1. The second-order valence-electron chi connectivity index (χ2n) is 11.0. The van der Waals surface area contributed by atoms with Crippen molar-refractivity contribution in [3.63, 3.8) is 0 Å². The minimum atomic E-state index is -1.57. The molecule has 0 aromatic heterocycles. The summed E-state index contributed by atoms with van der Waals surface area (Å²) in [6.45, 7) is 1.64. The molecule has 212 valence electrons. The molecular formula is C31H37N3O5S. The zero-order valence-corrected chi connectivity index (χ0v) is 23.5. The van der Waals surface area contributed by atoms with Gasteiger partial charge in [0.25, 0.3) is 11.8 Å². The summed E-state index contributed by atoms with van der Waals surface area (Å²) in [5.41, 5.74) is 1.52. The Kier molecular flexibility index (Phi) is 8.51. The molecule has 4 N–H and O–H groups in total. The molecule has 1 saturated carbocycles. The number of allylic oxidation sites excluding steroid dienone is 1. The van der Waals surface area contributed by atoms with Gasteiger partial charge in [-0.25, -0.2) is 0 Å². The average molecular weight is 564 g/mol. The molecule has 3 aliphatic rings. The van der Waals surface area contributed by atoms with Gasteiger partial charge in [0.1, 0.15) is 11.8 Å². The van der Waals surface area contributed by atoms with Crippen molar-refractivity contribution in [1.29, 1.82) is 0 Å². The SMILES string of the molecule is Cc1c(O)cccc1C(=O)N[C@@H](Cc1ccccc1)[C@H](O)C(=O)N1CSC2(CCC2)[C@@H]1C(=O)N[C@@H]1C=CCCC1. The lowest BCUT2D eigenvalue weighted by atomic mass is 9.77. The first-order valence-corrected chi connectivity index (χ1v) is 15.0. The van der Waals surface area contributed by atoms with Gasteiger partial charge in [0.2, 0.25) is 5.91 Å². The smallest absolute Gasteiger partial charge is 0.254 e. The van der Waals surface area contributed by atoms with Crippen LogP contribution >= 0.6 is 11.8 Å². The van der Waals surface area contributed by atoms with E-state index in [9.17, 15) is 24.6 Å². The van der Waals surface area contributed by atoms with Gasteiger partial charge in [-0.15, -0.1) is 11.8 Å². The van der Waals surface area contributed by atoms with Crippen molar-refractivity contribution in [2.75, 3.05) is 5.88 Å². The van der Waals surface area contributed by atoms with Crippen molar-refractivity contribution in [3.8, 4) is 5.75 Å². The van der Waals surface area contributed by atoms with Crippen LogP contribution in [0.3, 0.4) is 0 Å². The number of hydrogen-bond donors (Lipinski definition) is 4. The molecule has 0 unspecified atom stereocenters. The number of carbonyl (C=O) groups is 3. The molecule has 1 heterocycles. The Morgan fingerprint density at radius 2 is 1.88 bits per heavy atom. The van der Waals surface area contributed by atoms with Crippen molar-refractivity contribution in [2.45, 2.75) is 80.8 Å². The maximum absolute atomic E-state index is 13.9. The number of thioether (sulfide) groups is 1. The Morgan fingerprint density at radius 3 is 2.55 bits per heavy atom. The number of benzene rings is 2. The quantitative estimate of drug-likeness (QED) is 0.366. The van der Waals surface area contributed by atoms with Crippen LogP contribution in [0.1, 0.15) is 60.0 Å². The van der Waals surface area contributed by atoms with E-state index < -0.39 is 30.0 Å². The van der Waals surface area contributed by atoms with Gasteiger partial charge in [0.15, 0.2) is 6.10 Å². The van der Waals surface area contributed by atoms with Crippen LogP contribution in [0, 0.1) is 6.92 Å². The predicted molar refractivity (Wildman–Crippen MR) is 155 cm³/mol. The van der Waals surface area contributed by atoms with Crippen molar-refractivity contribution < 1.29 is 24.6 Å². The molecule has 1 saturated heterocycles. The fourth-order valence-electron chi connectivity index (χ4n) is 5.91. The summed E-state index contributed by atoms with van der Waals surface area (Å²) in [6, 6.07) is 12.3. The second kappa shape index (κ2) is 12.1. The van der Waals surface area contributed by atoms with Crippen LogP contribution in [0.25, 0.3) is 0 Å². The van der Waals surface area contributed by atoms with Crippen LogP contribution in [0.5, 0.6) is 5.75 Å². The summed E-state index contributed by atoms with van der Waals surface area (Å²) in [4.78, 5) is 42.4. The van der Waals surface area contributed by atoms with Crippen molar-refractivity contribution in [1.82, 2.24) is 15.5 Å². The summed E-state index contributed by atoms with van der Waals surface area (Å²) < 4.78 is -0.339. The first-order valence-electron chi connectivity index (χ1n) is 14.0. The van der Waals surface area contributed by atoms with Crippen LogP contribution in [0.15, 0.2) is 60.7 Å². The highest BCUT2D eigenvalue weighted by molar-refractivity contribution is 8.01. The maximum atomic E-state index is 13.9. The number of phenols is 1. The van der Waals surface area contributed by atoms with Crippen LogP contribution in [0.4, 0.5) is 0 Å². The van der Waals surface area contributed by atoms with Gasteiger partial charge in [-0.2, -0.15) is 0 Å². The number of nitrogens with zero attached hydrogens (tertiary/aromatic N) is 1. The lowest BCUT2D eigenvalue weighted by Crippen LogP contribution is -2.62. The number of aromatic hydroxyl groups is 1. The van der Waals surface area contributed by atoms with Gasteiger partial charge in [-0.1, -0.05) is 55.0 Å². The average Bonchev–Trinajstić information content (AvgIpc) is 3.36. The van der Waals surface area contributed by atoms with Gasteiger partial charge >= 0.3 is 0 Å². The third kappa shape index (κ3) is 5.76. The number of rotatable bonds is 8. The number of nitrogens with one attached hydrogen (secondary N) is 2. The van der Waals surface area contributed by atoms with E-state index in [0.717, 1.165) is 44.1 Å². The standard InChI is InChI=1S/C31H37N3O5S/c1-20-23(14-8-15-25(20)35)28(37)33-24(18-21-10-4-2-5-11-21)26(36)30(39)34-19-40-31(16-9-17-31)27(34)29(38)32-22-12-6-3-7-13-22/h2,4-6,8,10-12,14-15,22,24,26-27,35-36H,3,7,9,13,16-19H2,1H3,(H,32,38)(H,33,37)/t22-,24+,26+,27+/m1/s1. The molecule has 5 rings (SSSR count). The summed E-state index contributed by atoms with van der Waals surface area (Å²) in [5.74, 6) is -0.937. The molecule has 0 radical (unpaired) electrons. The second-order valence-corrected chi connectivity index (χ2v) is 12.4. The fraction of sp³-hybridized carbons (Fsp3) is 0.452. The molecule has 4 atom stereocenters. The number of carbonyl (C=O) groups excluding carboxylic acids is 3. The third-order valence-electron chi connectivity index (χ3n) is 8.41. The van der Waals surface area contributed by atoms with Crippen LogP contribution in [0.2, 0.25) is 0 Å². The molecule has 3 amide bonds. The van der Waals surface area contributed by atoms with Crippen LogP contribution in [-0.4, -0.2) is 67.7 Å². The molecule has 2 aromatic carbocycles. The monoisotopic (exact) mass is 563 g/mol. The molecule has 2 aromatic rings. The normalized spacial score (nSPS) is 22.8. The first-order chi connectivity index (χ1) is 19.3. The molecule has 40 heavy (non-hydrogen) atoms. The predicted octanol–water partition coefficient (Wildman–Crippen LogP) is 3.45. The van der Waals surface area contributed by atoms with Gasteiger partial charge in [0, 0.05) is 21.9 Å². The topological polar surface area (TPSA) is 119 Å². The molecule has 2 fully saturated rings. The largest absolute Gasteiger partial charge is 0.508 e. The number of aliphatic hydroxyl groups is 1. The van der Waals surface area contributed by atoms with E-state index in [1.54, 1.807) is 30.8 Å². The summed E-state index contributed by atoms with van der Waals surface area (Å²) in [7, 11) is 0. The van der Waals surface area contributed by atoms with Crippen LogP contribution in [-0.2, 0) is 16.0 Å². The molecule has 0 bridgehead atoms. The summed E-state index contributed by atoms with van der Waals surface area (Å²) in [5, 5.41) is 27.6. The van der Waals surface area contributed by atoms with E-state index in [2.05, 4.69) is 16.7 Å². The minimum Gasteiger partial charge on any atom is -0.508 e. The van der Waals surface area contributed by atoms with Gasteiger partial charge in [0.05, 0.1) is 11.9 Å². The van der Waals surface area contributed by atoms with E-state index in [1.165, 1.54) is 11.0 Å². The fourth-order valence-corrected chi connectivity index (χ4v) is 7.55. The van der Waals surface area contributed by atoms with E-state index in [-0.39, 0.29) is 34.4 Å². The van der Waals surface area contributed by atoms with E-state index in [1.807, 2.05) is 36.4 Å². The molecule has 1 spiro atoms. The highest BCUT2D eigenvalue weighted by atomic mass is 32.2. The lowest BCUT2D eigenvalue weighted by molar-refractivity contribution is -0.148. The molecule has 9 heteroatoms. The Labute approximate surface area is 239 Å². The zero-order chi connectivity index (χ0) is 28.3. The molecule has 1 aliphatic heterocycles. The van der Waals surface area contributed by atoms with E-state index >= 15 is 0 Å². The summed E-state index contributed by atoms with van der Waals surface area (Å²) in [6.07, 6.45) is 8.31. The number of hydrogen-bond acceptors (Lipinski definition) is 6. The summed E-state index contributed by atoms with van der Waals surface area (Å²) >= 11 is 1.61. The molecule has 2 aliphatic carbocycles. The Balaban J connectivity index is 1.38. The van der Waals surface area contributed by atoms with Crippen LogP contribution < -0.4 is 10.6 Å². The zero-order valence-electron chi connectivity index (χ0n) is 22.7.